The zero-order valence-electron chi connectivity index (χ0n) is 16.9. The molecule has 0 saturated carbocycles. The fraction of sp³-hybridized carbons (Fsp3) is 0.318. The molecule has 0 atom stereocenters. The molecule has 3 rings (SSSR count). The maximum atomic E-state index is 12.8. The van der Waals surface area contributed by atoms with Crippen molar-refractivity contribution in [3.63, 3.8) is 0 Å². The van der Waals surface area contributed by atoms with E-state index in [4.69, 9.17) is 34.8 Å². The number of likely N-dealkylation sites (tertiary alicyclic amines) is 1. The van der Waals surface area contributed by atoms with E-state index in [9.17, 15) is 14.4 Å². The Morgan fingerprint density at radius 1 is 1.00 bits per heavy atom. The van der Waals surface area contributed by atoms with Crippen molar-refractivity contribution in [3.05, 3.63) is 63.1 Å². The first-order valence-corrected chi connectivity index (χ1v) is 10.9. The van der Waals surface area contributed by atoms with E-state index in [1.54, 1.807) is 54.4 Å². The summed E-state index contributed by atoms with van der Waals surface area (Å²) < 4.78 is 0. The van der Waals surface area contributed by atoms with Crippen LogP contribution >= 0.6 is 34.8 Å². The van der Waals surface area contributed by atoms with Crippen molar-refractivity contribution in [2.24, 2.45) is 5.92 Å². The largest absolute Gasteiger partial charge is 0.339 e. The number of carbonyl (C=O) groups excluding carboxylic acids is 3. The van der Waals surface area contributed by atoms with Crippen LogP contribution in [0.2, 0.25) is 15.1 Å². The third-order valence-corrected chi connectivity index (χ3v) is 6.09. The summed E-state index contributed by atoms with van der Waals surface area (Å²) in [6, 6.07) is 11.7. The van der Waals surface area contributed by atoms with E-state index in [1.165, 1.54) is 4.90 Å². The Bertz CT molecular complexity index is 953. The lowest BCUT2D eigenvalue weighted by molar-refractivity contribution is -0.138. The first kappa shape index (κ1) is 23.4. The summed E-state index contributed by atoms with van der Waals surface area (Å²) in [4.78, 5) is 40.9. The number of para-hydroxylation sites is 1. The predicted molar refractivity (Wildman–Crippen MR) is 123 cm³/mol. The lowest BCUT2D eigenvalue weighted by atomic mass is 9.95. The summed E-state index contributed by atoms with van der Waals surface area (Å²) in [5, 5.41) is 3.88. The molecule has 0 radical (unpaired) electrons. The molecule has 1 fully saturated rings. The van der Waals surface area contributed by atoms with Crippen molar-refractivity contribution >= 4 is 58.2 Å². The molecule has 0 bridgehead atoms. The van der Waals surface area contributed by atoms with Crippen LogP contribution in [0.25, 0.3) is 0 Å². The second-order valence-electron chi connectivity index (χ2n) is 7.41. The van der Waals surface area contributed by atoms with Crippen LogP contribution in [0, 0.1) is 5.92 Å². The number of likely N-dealkylation sites (N-methyl/N-ethyl adjacent to an activating group) is 1. The van der Waals surface area contributed by atoms with Gasteiger partial charge in [-0.3, -0.25) is 14.4 Å². The second-order valence-corrected chi connectivity index (χ2v) is 8.66. The highest BCUT2D eigenvalue weighted by Crippen LogP contribution is 2.29. The van der Waals surface area contributed by atoms with Crippen LogP contribution in [0.4, 0.5) is 5.69 Å². The number of nitrogens with one attached hydrogen (secondary N) is 1. The summed E-state index contributed by atoms with van der Waals surface area (Å²) in [6.45, 7) is 0.838. The minimum atomic E-state index is -0.388. The Hall–Kier alpha value is -2.28. The molecule has 2 aromatic carbocycles. The summed E-state index contributed by atoms with van der Waals surface area (Å²) in [7, 11) is 1.58. The molecule has 1 aliphatic rings. The van der Waals surface area contributed by atoms with Gasteiger partial charge in [-0.1, -0.05) is 40.9 Å². The Labute approximate surface area is 196 Å². The highest BCUT2D eigenvalue weighted by molar-refractivity contribution is 6.39. The van der Waals surface area contributed by atoms with Gasteiger partial charge in [0.15, 0.2) is 0 Å². The summed E-state index contributed by atoms with van der Waals surface area (Å²) in [6.07, 6.45) is 1.08. The van der Waals surface area contributed by atoms with Gasteiger partial charge in [-0.05, 0) is 49.2 Å². The summed E-state index contributed by atoms with van der Waals surface area (Å²) >= 11 is 18.0. The number of rotatable bonds is 5. The van der Waals surface area contributed by atoms with Crippen LogP contribution in [0.3, 0.4) is 0 Å². The lowest BCUT2D eigenvalue weighted by Crippen LogP contribution is -2.45. The lowest BCUT2D eigenvalue weighted by Gasteiger charge is -2.33. The number of nitrogens with zero attached hydrogens (tertiary/aromatic N) is 2. The van der Waals surface area contributed by atoms with Gasteiger partial charge in [0.1, 0.15) is 0 Å². The highest BCUT2D eigenvalue weighted by atomic mass is 35.5. The Morgan fingerprint density at radius 2 is 1.58 bits per heavy atom. The van der Waals surface area contributed by atoms with E-state index < -0.39 is 0 Å². The van der Waals surface area contributed by atoms with Crippen molar-refractivity contribution < 1.29 is 14.4 Å². The zero-order chi connectivity index (χ0) is 22.5. The molecule has 0 aromatic heterocycles. The Morgan fingerprint density at radius 3 is 2.16 bits per heavy atom. The number of anilines is 1. The minimum Gasteiger partial charge on any atom is -0.339 e. The van der Waals surface area contributed by atoms with Crippen LogP contribution in [0.1, 0.15) is 23.2 Å². The molecule has 0 spiro atoms. The van der Waals surface area contributed by atoms with Crippen LogP contribution < -0.4 is 5.32 Å². The van der Waals surface area contributed by atoms with Crippen molar-refractivity contribution in [1.82, 2.24) is 9.80 Å². The topological polar surface area (TPSA) is 69.7 Å². The molecule has 6 nitrogen and oxygen atoms in total. The smallest absolute Gasteiger partial charge is 0.253 e. The average molecular weight is 483 g/mol. The van der Waals surface area contributed by atoms with Gasteiger partial charge < -0.3 is 15.1 Å². The van der Waals surface area contributed by atoms with E-state index >= 15 is 0 Å². The molecule has 31 heavy (non-hydrogen) atoms. The summed E-state index contributed by atoms with van der Waals surface area (Å²) in [5.41, 5.74) is 0.895. The van der Waals surface area contributed by atoms with Crippen molar-refractivity contribution in [2.75, 3.05) is 32.0 Å². The van der Waals surface area contributed by atoms with Gasteiger partial charge in [0.05, 0.1) is 22.3 Å². The number of amides is 3. The zero-order valence-corrected chi connectivity index (χ0v) is 19.2. The van der Waals surface area contributed by atoms with E-state index in [-0.39, 0.29) is 30.2 Å². The van der Waals surface area contributed by atoms with Crippen LogP contribution in [-0.4, -0.2) is 54.2 Å². The molecule has 9 heteroatoms. The van der Waals surface area contributed by atoms with Crippen molar-refractivity contribution in [2.45, 2.75) is 12.8 Å². The van der Waals surface area contributed by atoms with Gasteiger partial charge in [0.2, 0.25) is 11.8 Å². The molecule has 0 unspecified atom stereocenters. The first-order chi connectivity index (χ1) is 14.8. The van der Waals surface area contributed by atoms with Crippen molar-refractivity contribution in [3.8, 4) is 0 Å². The fourth-order valence-corrected chi connectivity index (χ4v) is 4.12. The average Bonchev–Trinajstić information content (AvgIpc) is 2.76. The van der Waals surface area contributed by atoms with Crippen LogP contribution in [0.5, 0.6) is 0 Å². The van der Waals surface area contributed by atoms with Crippen molar-refractivity contribution in [1.29, 1.82) is 0 Å². The third kappa shape index (κ3) is 5.91. The van der Waals surface area contributed by atoms with Gasteiger partial charge in [-0.25, -0.2) is 0 Å². The monoisotopic (exact) mass is 481 g/mol. The molecule has 1 heterocycles. The van der Waals surface area contributed by atoms with Gasteiger partial charge in [0, 0.05) is 36.6 Å². The number of halogens is 3. The van der Waals surface area contributed by atoms with E-state index in [1.807, 2.05) is 0 Å². The number of hydrogen-bond donors (Lipinski definition) is 1. The summed E-state index contributed by atoms with van der Waals surface area (Å²) in [5.74, 6) is -0.830. The molecular weight excluding hydrogens is 461 g/mol. The fourth-order valence-electron chi connectivity index (χ4n) is 3.51. The van der Waals surface area contributed by atoms with Gasteiger partial charge in [-0.2, -0.15) is 0 Å². The van der Waals surface area contributed by atoms with E-state index in [0.717, 1.165) is 0 Å². The predicted octanol–water partition coefficient (Wildman–Crippen LogP) is 4.60. The number of piperidine rings is 1. The molecule has 1 saturated heterocycles. The highest BCUT2D eigenvalue weighted by Gasteiger charge is 2.30. The van der Waals surface area contributed by atoms with Gasteiger partial charge in [0.25, 0.3) is 5.91 Å². The maximum absolute atomic E-state index is 12.8. The molecule has 1 aliphatic heterocycles. The van der Waals surface area contributed by atoms with Gasteiger partial charge >= 0.3 is 0 Å². The number of benzene rings is 2. The molecule has 1 N–H and O–H groups in total. The Balaban J connectivity index is 1.51. The number of hydrogen-bond acceptors (Lipinski definition) is 3. The van der Waals surface area contributed by atoms with E-state index in [0.29, 0.717) is 52.2 Å². The second kappa shape index (κ2) is 10.4. The normalized spacial score (nSPS) is 14.3. The first-order valence-electron chi connectivity index (χ1n) is 9.80. The minimum absolute atomic E-state index is 0.0769. The SMILES string of the molecule is CN(CC(=O)Nc1c(Cl)cccc1Cl)C(=O)C1CCN(C(=O)c2ccc(Cl)cc2)CC1. The quantitative estimate of drug-likeness (QED) is 0.677. The van der Waals surface area contributed by atoms with Crippen LogP contribution in [-0.2, 0) is 9.59 Å². The maximum Gasteiger partial charge on any atom is 0.253 e. The van der Waals surface area contributed by atoms with E-state index in [2.05, 4.69) is 5.32 Å². The molecule has 164 valence electrons. The van der Waals surface area contributed by atoms with Crippen LogP contribution in [0.15, 0.2) is 42.5 Å². The molecular formula is C22H22Cl3N3O3. The van der Waals surface area contributed by atoms with Gasteiger partial charge in [-0.15, -0.1) is 0 Å². The Kier molecular flexibility index (Phi) is 7.81. The number of carbonyl (C=O) groups is 3. The molecule has 3 amide bonds. The molecule has 0 aliphatic carbocycles. The standard InChI is InChI=1S/C22H22Cl3N3O3/c1-27(13-19(29)26-20-17(24)3-2-4-18(20)25)21(30)15-9-11-28(12-10-15)22(31)14-5-7-16(23)8-6-14/h2-8,15H,9-13H2,1H3,(H,26,29). The third-order valence-electron chi connectivity index (χ3n) is 5.21. The molecule has 2 aromatic rings.